The summed E-state index contributed by atoms with van der Waals surface area (Å²) in [7, 11) is 3.54. The average Bonchev–Trinajstić information content (AvgIpc) is 3.15. The number of fused-ring (bicyclic) bond motifs is 2. The van der Waals surface area contributed by atoms with E-state index >= 15 is 0 Å². The molecular formula is C19H23FN4O2. The van der Waals surface area contributed by atoms with E-state index in [0.717, 1.165) is 24.9 Å². The van der Waals surface area contributed by atoms with Crippen molar-refractivity contribution in [1.82, 2.24) is 19.2 Å². The number of rotatable bonds is 2. The van der Waals surface area contributed by atoms with Crippen LogP contribution in [0.3, 0.4) is 0 Å². The van der Waals surface area contributed by atoms with Gasteiger partial charge in [0.1, 0.15) is 5.65 Å². The standard InChI is InChI=1S/C19H23FN4O2/c1-11-4-5-15-21-17(18(20)24(15)9-11)19(26)23(3)14-6-12-8-16(25)22(2)10-13(12)7-14/h4-5,9,12-14H,6-8,10H2,1-3H3/t12-,13+,14-/m0/s1. The molecule has 6 nitrogen and oxygen atoms in total. The van der Waals surface area contributed by atoms with E-state index in [1.165, 1.54) is 4.40 Å². The number of pyridine rings is 1. The second-order valence-corrected chi connectivity index (χ2v) is 7.73. The Morgan fingerprint density at radius 3 is 2.81 bits per heavy atom. The molecule has 0 radical (unpaired) electrons. The van der Waals surface area contributed by atoms with Crippen molar-refractivity contribution in [2.45, 2.75) is 32.2 Å². The van der Waals surface area contributed by atoms with E-state index in [1.54, 1.807) is 29.1 Å². The van der Waals surface area contributed by atoms with E-state index in [2.05, 4.69) is 4.98 Å². The molecule has 0 spiro atoms. The first-order valence-corrected chi connectivity index (χ1v) is 9.00. The minimum atomic E-state index is -0.620. The van der Waals surface area contributed by atoms with Crippen LogP contribution in [0.15, 0.2) is 18.3 Å². The zero-order chi connectivity index (χ0) is 18.6. The van der Waals surface area contributed by atoms with Gasteiger partial charge in [-0.05, 0) is 43.2 Å². The van der Waals surface area contributed by atoms with Crippen LogP contribution >= 0.6 is 0 Å². The van der Waals surface area contributed by atoms with Crippen LogP contribution in [0.5, 0.6) is 0 Å². The Morgan fingerprint density at radius 2 is 2.04 bits per heavy atom. The van der Waals surface area contributed by atoms with Crippen molar-refractivity contribution in [3.63, 3.8) is 0 Å². The maximum absolute atomic E-state index is 14.7. The fourth-order valence-corrected chi connectivity index (χ4v) is 4.39. The number of aromatic nitrogens is 2. The van der Waals surface area contributed by atoms with Gasteiger partial charge in [-0.15, -0.1) is 0 Å². The summed E-state index contributed by atoms with van der Waals surface area (Å²) in [5.74, 6) is -0.125. The molecule has 0 N–H and O–H groups in total. The molecular weight excluding hydrogens is 335 g/mol. The van der Waals surface area contributed by atoms with Crippen molar-refractivity contribution in [3.8, 4) is 0 Å². The lowest BCUT2D eigenvalue weighted by molar-refractivity contribution is -0.134. The summed E-state index contributed by atoms with van der Waals surface area (Å²) >= 11 is 0. The number of likely N-dealkylation sites (tertiary alicyclic amines) is 1. The van der Waals surface area contributed by atoms with Crippen molar-refractivity contribution in [2.24, 2.45) is 11.8 Å². The zero-order valence-corrected chi connectivity index (χ0v) is 15.3. The van der Waals surface area contributed by atoms with E-state index in [4.69, 9.17) is 0 Å². The second kappa shape index (κ2) is 6.07. The summed E-state index contributed by atoms with van der Waals surface area (Å²) < 4.78 is 16.0. The Bertz CT molecular complexity index is 893. The fourth-order valence-electron chi connectivity index (χ4n) is 4.39. The normalized spacial score (nSPS) is 25.6. The number of amides is 2. The fraction of sp³-hybridized carbons (Fsp3) is 0.526. The average molecular weight is 358 g/mol. The Hall–Kier alpha value is -2.44. The van der Waals surface area contributed by atoms with E-state index in [0.29, 0.717) is 23.9 Å². The molecule has 3 atom stereocenters. The van der Waals surface area contributed by atoms with Gasteiger partial charge in [-0.2, -0.15) is 4.39 Å². The molecule has 1 saturated carbocycles. The van der Waals surface area contributed by atoms with E-state index in [-0.39, 0.29) is 17.6 Å². The second-order valence-electron chi connectivity index (χ2n) is 7.73. The van der Waals surface area contributed by atoms with Gasteiger partial charge in [-0.25, -0.2) is 4.98 Å². The number of carbonyl (C=O) groups excluding carboxylic acids is 2. The number of nitrogens with zero attached hydrogens (tertiary/aromatic N) is 4. The highest BCUT2D eigenvalue weighted by Crippen LogP contribution is 2.40. The molecule has 2 amide bonds. The van der Waals surface area contributed by atoms with Gasteiger partial charge in [0, 0.05) is 39.3 Å². The van der Waals surface area contributed by atoms with Crippen LogP contribution in [0.2, 0.25) is 0 Å². The lowest BCUT2D eigenvalue weighted by Crippen LogP contribution is -2.40. The van der Waals surface area contributed by atoms with Crippen molar-refractivity contribution in [2.75, 3.05) is 20.6 Å². The first kappa shape index (κ1) is 17.0. The van der Waals surface area contributed by atoms with E-state index < -0.39 is 11.9 Å². The molecule has 0 bridgehead atoms. The third kappa shape index (κ3) is 2.66. The molecule has 7 heteroatoms. The molecule has 2 fully saturated rings. The Morgan fingerprint density at radius 1 is 1.31 bits per heavy atom. The summed E-state index contributed by atoms with van der Waals surface area (Å²) in [5.41, 5.74) is 1.19. The highest BCUT2D eigenvalue weighted by molar-refractivity contribution is 5.93. The first-order chi connectivity index (χ1) is 12.3. The Kier molecular flexibility index (Phi) is 3.97. The number of carbonyl (C=O) groups is 2. The van der Waals surface area contributed by atoms with Crippen LogP contribution in [-0.4, -0.2) is 57.7 Å². The zero-order valence-electron chi connectivity index (χ0n) is 15.3. The molecule has 0 aromatic carbocycles. The first-order valence-electron chi connectivity index (χ1n) is 9.00. The van der Waals surface area contributed by atoms with E-state index in [1.807, 2.05) is 20.0 Å². The van der Waals surface area contributed by atoms with Gasteiger partial charge in [-0.1, -0.05) is 6.07 Å². The third-order valence-corrected chi connectivity index (χ3v) is 5.97. The minimum Gasteiger partial charge on any atom is -0.345 e. The topological polar surface area (TPSA) is 57.9 Å². The lowest BCUT2D eigenvalue weighted by Gasteiger charge is -2.31. The van der Waals surface area contributed by atoms with Crippen LogP contribution in [0, 0.1) is 24.7 Å². The predicted molar refractivity (Wildman–Crippen MR) is 94.2 cm³/mol. The molecule has 3 heterocycles. The van der Waals surface area contributed by atoms with Crippen LogP contribution in [-0.2, 0) is 4.79 Å². The van der Waals surface area contributed by atoms with Gasteiger partial charge < -0.3 is 9.80 Å². The molecule has 1 aliphatic carbocycles. The monoisotopic (exact) mass is 358 g/mol. The van der Waals surface area contributed by atoms with Gasteiger partial charge in [-0.3, -0.25) is 14.0 Å². The van der Waals surface area contributed by atoms with Crippen LogP contribution < -0.4 is 0 Å². The predicted octanol–water partition coefficient (Wildman–Crippen LogP) is 2.11. The number of hydrogen-bond donors (Lipinski definition) is 0. The summed E-state index contributed by atoms with van der Waals surface area (Å²) in [6.07, 6.45) is 3.82. The molecule has 2 aromatic heterocycles. The Labute approximate surface area is 151 Å². The molecule has 2 aliphatic rings. The smallest absolute Gasteiger partial charge is 0.277 e. The molecule has 1 saturated heterocycles. The molecule has 26 heavy (non-hydrogen) atoms. The quantitative estimate of drug-likeness (QED) is 0.826. The number of halogens is 1. The van der Waals surface area contributed by atoms with Crippen LogP contribution in [0.25, 0.3) is 5.65 Å². The van der Waals surface area contributed by atoms with Crippen molar-refractivity contribution < 1.29 is 14.0 Å². The highest BCUT2D eigenvalue weighted by atomic mass is 19.1. The molecule has 4 rings (SSSR count). The summed E-state index contributed by atoms with van der Waals surface area (Å²) in [6, 6.07) is 3.57. The van der Waals surface area contributed by atoms with Crippen LogP contribution in [0.1, 0.15) is 35.3 Å². The summed E-state index contributed by atoms with van der Waals surface area (Å²) in [6.45, 7) is 2.61. The summed E-state index contributed by atoms with van der Waals surface area (Å²) in [5, 5.41) is 0. The maximum atomic E-state index is 14.7. The minimum absolute atomic E-state index is 0.0164. The highest BCUT2D eigenvalue weighted by Gasteiger charge is 2.42. The number of hydrogen-bond acceptors (Lipinski definition) is 3. The summed E-state index contributed by atoms with van der Waals surface area (Å²) in [4.78, 5) is 32.4. The number of aryl methyl sites for hydroxylation is 1. The van der Waals surface area contributed by atoms with Crippen LogP contribution in [0.4, 0.5) is 4.39 Å². The molecule has 1 aliphatic heterocycles. The van der Waals surface area contributed by atoms with Gasteiger partial charge in [0.15, 0.2) is 5.69 Å². The lowest BCUT2D eigenvalue weighted by atomic mass is 9.88. The Balaban J connectivity index is 1.56. The van der Waals surface area contributed by atoms with Crippen molar-refractivity contribution in [3.05, 3.63) is 35.5 Å². The molecule has 138 valence electrons. The third-order valence-electron chi connectivity index (χ3n) is 5.97. The number of piperidine rings is 1. The number of imidazole rings is 1. The van der Waals surface area contributed by atoms with E-state index in [9.17, 15) is 14.0 Å². The van der Waals surface area contributed by atoms with Gasteiger partial charge in [0.25, 0.3) is 5.91 Å². The SMILES string of the molecule is Cc1ccc2nc(C(=O)N(C)[C@H]3C[C@H]4CC(=O)N(C)C[C@H]4C3)c(F)n2c1. The largest absolute Gasteiger partial charge is 0.345 e. The molecule has 2 aromatic rings. The van der Waals surface area contributed by atoms with Gasteiger partial charge in [0.2, 0.25) is 11.9 Å². The van der Waals surface area contributed by atoms with Gasteiger partial charge >= 0.3 is 0 Å². The van der Waals surface area contributed by atoms with Crippen molar-refractivity contribution >= 4 is 17.5 Å². The maximum Gasteiger partial charge on any atom is 0.277 e. The van der Waals surface area contributed by atoms with Gasteiger partial charge in [0.05, 0.1) is 0 Å². The molecule has 0 unspecified atom stereocenters. The van der Waals surface area contributed by atoms with Crippen molar-refractivity contribution in [1.29, 1.82) is 0 Å².